The lowest BCUT2D eigenvalue weighted by molar-refractivity contribution is -0.139. The molecule has 2 aliphatic rings. The zero-order valence-electron chi connectivity index (χ0n) is 10.9. The Morgan fingerprint density at radius 1 is 1.45 bits per heavy atom. The van der Waals surface area contributed by atoms with Gasteiger partial charge in [-0.15, -0.1) is 0 Å². The number of rotatable bonds is 2. The molecule has 20 heavy (non-hydrogen) atoms. The van der Waals surface area contributed by atoms with Crippen molar-refractivity contribution in [2.75, 3.05) is 11.4 Å². The Morgan fingerprint density at radius 3 is 2.95 bits per heavy atom. The molecule has 1 aromatic carbocycles. The van der Waals surface area contributed by atoms with Crippen molar-refractivity contribution in [3.63, 3.8) is 0 Å². The van der Waals surface area contributed by atoms with E-state index in [4.69, 9.17) is 11.6 Å². The lowest BCUT2D eigenvalue weighted by Gasteiger charge is -2.27. The van der Waals surface area contributed by atoms with Gasteiger partial charge < -0.3 is 10.0 Å². The van der Waals surface area contributed by atoms with Crippen molar-refractivity contribution >= 4 is 23.3 Å². The predicted octanol–water partition coefficient (Wildman–Crippen LogP) is 2.90. The predicted molar refractivity (Wildman–Crippen MR) is 75.8 cm³/mol. The summed E-state index contributed by atoms with van der Waals surface area (Å²) in [5, 5.41) is 19.2. The average Bonchev–Trinajstić information content (AvgIpc) is 2.97. The number of anilines is 1. The van der Waals surface area contributed by atoms with E-state index in [1.165, 1.54) is 0 Å². The van der Waals surface area contributed by atoms with Crippen LogP contribution in [0.4, 0.5) is 5.69 Å². The van der Waals surface area contributed by atoms with Crippen molar-refractivity contribution in [1.82, 2.24) is 0 Å². The number of carboxylic acid groups (broad SMARTS) is 1. The second kappa shape index (κ2) is 4.99. The number of hydrogen-bond acceptors (Lipinski definition) is 3. The normalized spacial score (nSPS) is 28.2. The SMILES string of the molecule is N#Cc1c(Cl)cccc1N1CC2CCCC2C1C(=O)O. The summed E-state index contributed by atoms with van der Waals surface area (Å²) in [7, 11) is 0. The molecule has 1 aliphatic carbocycles. The van der Waals surface area contributed by atoms with Crippen LogP contribution in [0.15, 0.2) is 18.2 Å². The Morgan fingerprint density at radius 2 is 2.25 bits per heavy atom. The Labute approximate surface area is 122 Å². The van der Waals surface area contributed by atoms with Crippen molar-refractivity contribution in [2.45, 2.75) is 25.3 Å². The van der Waals surface area contributed by atoms with Crippen LogP contribution in [0, 0.1) is 23.2 Å². The Kier molecular flexibility index (Phi) is 3.31. The van der Waals surface area contributed by atoms with E-state index >= 15 is 0 Å². The summed E-state index contributed by atoms with van der Waals surface area (Å²) < 4.78 is 0. The number of aliphatic carboxylic acids is 1. The van der Waals surface area contributed by atoms with Gasteiger partial charge in [-0.25, -0.2) is 4.79 Å². The highest BCUT2D eigenvalue weighted by atomic mass is 35.5. The third-order valence-corrected chi connectivity index (χ3v) is 4.87. The number of carbonyl (C=O) groups is 1. The van der Waals surface area contributed by atoms with Crippen molar-refractivity contribution in [3.8, 4) is 6.07 Å². The highest BCUT2D eigenvalue weighted by molar-refractivity contribution is 6.32. The minimum atomic E-state index is -0.803. The summed E-state index contributed by atoms with van der Waals surface area (Å²) in [6.07, 6.45) is 3.14. The minimum Gasteiger partial charge on any atom is -0.480 e. The molecule has 0 aromatic heterocycles. The molecule has 0 bridgehead atoms. The summed E-state index contributed by atoms with van der Waals surface area (Å²) >= 11 is 6.06. The Bertz CT molecular complexity index is 596. The molecule has 0 spiro atoms. The van der Waals surface area contributed by atoms with E-state index in [9.17, 15) is 15.2 Å². The van der Waals surface area contributed by atoms with Crippen molar-refractivity contribution < 1.29 is 9.90 Å². The maximum Gasteiger partial charge on any atom is 0.326 e. The van der Waals surface area contributed by atoms with E-state index in [2.05, 4.69) is 6.07 Å². The van der Waals surface area contributed by atoms with Crippen LogP contribution in [0.1, 0.15) is 24.8 Å². The lowest BCUT2D eigenvalue weighted by Crippen LogP contribution is -2.40. The molecule has 1 saturated heterocycles. The molecule has 0 radical (unpaired) electrons. The Balaban J connectivity index is 2.04. The first-order chi connectivity index (χ1) is 9.63. The number of halogens is 1. The van der Waals surface area contributed by atoms with E-state index in [1.807, 2.05) is 4.90 Å². The molecule has 3 atom stereocenters. The standard InChI is InChI=1S/C15H15ClN2O2/c16-12-5-2-6-13(11(12)7-17)18-8-9-3-1-4-10(9)14(18)15(19)20/h2,5-6,9-10,14H,1,3-4,8H2,(H,19,20). The fourth-order valence-electron chi connectivity index (χ4n) is 3.73. The van der Waals surface area contributed by atoms with E-state index in [-0.39, 0.29) is 5.92 Å². The highest BCUT2D eigenvalue weighted by Crippen LogP contribution is 2.45. The van der Waals surface area contributed by atoms with Crippen LogP contribution in [-0.4, -0.2) is 23.7 Å². The third kappa shape index (κ3) is 1.94. The zero-order chi connectivity index (χ0) is 14.3. The first kappa shape index (κ1) is 13.3. The van der Waals surface area contributed by atoms with E-state index in [0.29, 0.717) is 28.7 Å². The summed E-state index contributed by atoms with van der Waals surface area (Å²) in [5.41, 5.74) is 1.03. The fraction of sp³-hybridized carbons (Fsp3) is 0.467. The quantitative estimate of drug-likeness (QED) is 0.909. The summed E-state index contributed by atoms with van der Waals surface area (Å²) in [6.45, 7) is 0.705. The van der Waals surface area contributed by atoms with Gasteiger partial charge in [0.1, 0.15) is 12.1 Å². The smallest absolute Gasteiger partial charge is 0.326 e. The molecule has 1 saturated carbocycles. The van der Waals surface area contributed by atoms with Gasteiger partial charge in [-0.3, -0.25) is 0 Å². The lowest BCUT2D eigenvalue weighted by atomic mass is 9.94. The number of nitriles is 1. The largest absolute Gasteiger partial charge is 0.480 e. The first-order valence-electron chi connectivity index (χ1n) is 6.81. The van der Waals surface area contributed by atoms with Gasteiger partial charge >= 0.3 is 5.97 Å². The van der Waals surface area contributed by atoms with Crippen LogP contribution in [0.25, 0.3) is 0 Å². The van der Waals surface area contributed by atoms with Crippen molar-refractivity contribution in [3.05, 3.63) is 28.8 Å². The molecular weight excluding hydrogens is 276 g/mol. The molecule has 1 heterocycles. The highest BCUT2D eigenvalue weighted by Gasteiger charge is 2.48. The number of hydrogen-bond donors (Lipinski definition) is 1. The second-order valence-electron chi connectivity index (χ2n) is 5.54. The van der Waals surface area contributed by atoms with Crippen molar-refractivity contribution in [1.29, 1.82) is 5.26 Å². The van der Waals surface area contributed by atoms with Gasteiger partial charge in [0.2, 0.25) is 0 Å². The maximum absolute atomic E-state index is 11.7. The third-order valence-electron chi connectivity index (χ3n) is 4.56. The van der Waals surface area contributed by atoms with Gasteiger partial charge in [0.25, 0.3) is 0 Å². The van der Waals surface area contributed by atoms with Crippen LogP contribution in [0.3, 0.4) is 0 Å². The van der Waals surface area contributed by atoms with Crippen molar-refractivity contribution in [2.24, 2.45) is 11.8 Å². The van der Waals surface area contributed by atoms with Gasteiger partial charge in [0.05, 0.1) is 16.3 Å². The van der Waals surface area contributed by atoms with Crippen LogP contribution in [0.2, 0.25) is 5.02 Å². The molecular formula is C15H15ClN2O2. The Hall–Kier alpha value is -1.73. The second-order valence-corrected chi connectivity index (χ2v) is 5.94. The molecule has 2 fully saturated rings. The van der Waals surface area contributed by atoms with Crippen LogP contribution >= 0.6 is 11.6 Å². The van der Waals surface area contributed by atoms with Gasteiger partial charge in [-0.1, -0.05) is 24.1 Å². The van der Waals surface area contributed by atoms with E-state index in [0.717, 1.165) is 19.3 Å². The summed E-state index contributed by atoms with van der Waals surface area (Å²) in [6, 6.07) is 6.79. The fourth-order valence-corrected chi connectivity index (χ4v) is 3.94. The molecule has 3 unspecified atom stereocenters. The first-order valence-corrected chi connectivity index (χ1v) is 7.19. The molecule has 1 aliphatic heterocycles. The molecule has 1 aromatic rings. The number of benzene rings is 1. The molecule has 4 nitrogen and oxygen atoms in total. The number of carboxylic acids is 1. The summed E-state index contributed by atoms with van der Waals surface area (Å²) in [4.78, 5) is 13.5. The van der Waals surface area contributed by atoms with Gasteiger partial charge in [-0.05, 0) is 36.8 Å². The molecule has 5 heteroatoms. The van der Waals surface area contributed by atoms with Crippen LogP contribution in [-0.2, 0) is 4.79 Å². The van der Waals surface area contributed by atoms with E-state index < -0.39 is 12.0 Å². The maximum atomic E-state index is 11.7. The molecule has 104 valence electrons. The van der Waals surface area contributed by atoms with Crippen LogP contribution < -0.4 is 4.90 Å². The molecule has 3 rings (SSSR count). The number of fused-ring (bicyclic) bond motifs is 1. The van der Waals surface area contributed by atoms with Gasteiger partial charge in [0, 0.05) is 6.54 Å². The molecule has 1 N–H and O–H groups in total. The molecule has 0 amide bonds. The van der Waals surface area contributed by atoms with Gasteiger partial charge in [0.15, 0.2) is 0 Å². The summed E-state index contributed by atoms with van der Waals surface area (Å²) in [5.74, 6) is -0.192. The number of nitrogens with zero attached hydrogens (tertiary/aromatic N) is 2. The van der Waals surface area contributed by atoms with E-state index in [1.54, 1.807) is 18.2 Å². The minimum absolute atomic E-state index is 0.193. The monoisotopic (exact) mass is 290 g/mol. The van der Waals surface area contributed by atoms with Gasteiger partial charge in [-0.2, -0.15) is 5.26 Å². The average molecular weight is 291 g/mol. The zero-order valence-corrected chi connectivity index (χ0v) is 11.7. The topological polar surface area (TPSA) is 64.3 Å². The van der Waals surface area contributed by atoms with Crippen LogP contribution in [0.5, 0.6) is 0 Å².